The number of hydrogen-bond donors (Lipinski definition) is 2. The summed E-state index contributed by atoms with van der Waals surface area (Å²) in [6.07, 6.45) is 6.38. The van der Waals surface area contributed by atoms with Crippen LogP contribution in [-0.4, -0.2) is 54.9 Å². The molecule has 2 amide bonds. The van der Waals surface area contributed by atoms with E-state index in [1.165, 1.54) is 32.8 Å². The number of fused-ring (bicyclic) bond motifs is 1. The molecule has 6 nitrogen and oxygen atoms in total. The third-order valence-electron chi connectivity index (χ3n) is 4.78. The second kappa shape index (κ2) is 7.64. The van der Waals surface area contributed by atoms with Crippen molar-refractivity contribution in [1.82, 2.24) is 10.2 Å². The van der Waals surface area contributed by atoms with Gasteiger partial charge in [-0.05, 0) is 24.7 Å². The lowest BCUT2D eigenvalue weighted by atomic mass is 9.75. The van der Waals surface area contributed by atoms with Crippen LogP contribution in [0.2, 0.25) is 0 Å². The quantitative estimate of drug-likeness (QED) is 0.809. The number of amides is 2. The maximum absolute atomic E-state index is 12.3. The first-order valence-electron chi connectivity index (χ1n) is 7.89. The average molecular weight is 298 g/mol. The maximum atomic E-state index is 12.3. The highest BCUT2D eigenvalue weighted by molar-refractivity contribution is 5.82. The van der Waals surface area contributed by atoms with Gasteiger partial charge < -0.3 is 20.1 Å². The van der Waals surface area contributed by atoms with Gasteiger partial charge in [-0.25, -0.2) is 9.59 Å². The SMILES string of the molecule is COCCC(NC(=O)N1CCC2CCCCC2C1)C(=O)O. The fraction of sp³-hybridized carbons (Fsp3) is 0.867. The van der Waals surface area contributed by atoms with Gasteiger partial charge in [0.2, 0.25) is 0 Å². The molecule has 21 heavy (non-hydrogen) atoms. The number of carboxylic acids is 1. The number of carbonyl (C=O) groups is 2. The second-order valence-corrected chi connectivity index (χ2v) is 6.16. The molecule has 2 fully saturated rings. The fourth-order valence-electron chi connectivity index (χ4n) is 3.52. The number of rotatable bonds is 5. The molecule has 6 heteroatoms. The number of piperidine rings is 1. The largest absolute Gasteiger partial charge is 0.480 e. The first-order valence-corrected chi connectivity index (χ1v) is 7.89. The number of hydrogen-bond acceptors (Lipinski definition) is 3. The molecule has 0 spiro atoms. The van der Waals surface area contributed by atoms with Crippen molar-refractivity contribution in [1.29, 1.82) is 0 Å². The van der Waals surface area contributed by atoms with Crippen molar-refractivity contribution in [3.05, 3.63) is 0 Å². The van der Waals surface area contributed by atoms with Crippen molar-refractivity contribution in [2.75, 3.05) is 26.8 Å². The van der Waals surface area contributed by atoms with Crippen LogP contribution in [0.15, 0.2) is 0 Å². The van der Waals surface area contributed by atoms with Gasteiger partial charge in [0, 0.05) is 33.2 Å². The van der Waals surface area contributed by atoms with Crippen LogP contribution in [0.5, 0.6) is 0 Å². The van der Waals surface area contributed by atoms with E-state index in [9.17, 15) is 9.59 Å². The van der Waals surface area contributed by atoms with Gasteiger partial charge in [0.1, 0.15) is 6.04 Å². The highest BCUT2D eigenvalue weighted by atomic mass is 16.5. The molecule has 1 aliphatic carbocycles. The first kappa shape index (κ1) is 16.1. The molecule has 1 saturated heterocycles. The Labute approximate surface area is 125 Å². The lowest BCUT2D eigenvalue weighted by Gasteiger charge is -2.41. The van der Waals surface area contributed by atoms with Gasteiger partial charge in [-0.2, -0.15) is 0 Å². The van der Waals surface area contributed by atoms with Crippen molar-refractivity contribution in [2.45, 2.75) is 44.6 Å². The molecule has 1 heterocycles. The summed E-state index contributed by atoms with van der Waals surface area (Å²) in [5, 5.41) is 11.8. The summed E-state index contributed by atoms with van der Waals surface area (Å²) in [5.74, 6) is 0.347. The minimum absolute atomic E-state index is 0.248. The Balaban J connectivity index is 1.85. The third-order valence-corrected chi connectivity index (χ3v) is 4.78. The van der Waals surface area contributed by atoms with E-state index in [0.717, 1.165) is 25.4 Å². The van der Waals surface area contributed by atoms with Gasteiger partial charge >= 0.3 is 12.0 Å². The van der Waals surface area contributed by atoms with Crippen molar-refractivity contribution in [3.63, 3.8) is 0 Å². The number of urea groups is 1. The number of nitrogens with one attached hydrogen (secondary N) is 1. The number of methoxy groups -OCH3 is 1. The Morgan fingerprint density at radius 1 is 1.29 bits per heavy atom. The van der Waals surface area contributed by atoms with Gasteiger partial charge in [-0.1, -0.05) is 19.3 Å². The number of ether oxygens (including phenoxy) is 1. The lowest BCUT2D eigenvalue weighted by molar-refractivity contribution is -0.139. The van der Waals surface area contributed by atoms with Crippen LogP contribution in [0.1, 0.15) is 38.5 Å². The molecule has 3 unspecified atom stereocenters. The Morgan fingerprint density at radius 2 is 2.00 bits per heavy atom. The van der Waals surface area contributed by atoms with Crippen molar-refractivity contribution >= 4 is 12.0 Å². The number of carbonyl (C=O) groups excluding carboxylic acids is 1. The van der Waals surface area contributed by atoms with Crippen LogP contribution in [-0.2, 0) is 9.53 Å². The Morgan fingerprint density at radius 3 is 2.67 bits per heavy atom. The standard InChI is InChI=1S/C15H26N2O4/c1-21-9-7-13(14(18)19)16-15(20)17-8-6-11-4-2-3-5-12(11)10-17/h11-13H,2-10H2,1H3,(H,16,20)(H,18,19). The molecular formula is C15H26N2O4. The van der Waals surface area contributed by atoms with E-state index in [-0.39, 0.29) is 12.5 Å². The third kappa shape index (κ3) is 4.33. The first-order chi connectivity index (χ1) is 10.1. The minimum Gasteiger partial charge on any atom is -0.480 e. The summed E-state index contributed by atoms with van der Waals surface area (Å²) in [6.45, 7) is 1.83. The molecular weight excluding hydrogens is 272 g/mol. The fourth-order valence-corrected chi connectivity index (χ4v) is 3.52. The van der Waals surface area contributed by atoms with E-state index in [1.54, 1.807) is 4.90 Å². The van der Waals surface area contributed by atoms with Gasteiger partial charge in [0.15, 0.2) is 0 Å². The van der Waals surface area contributed by atoms with Crippen LogP contribution in [0.3, 0.4) is 0 Å². The number of likely N-dealkylation sites (tertiary alicyclic amines) is 1. The van der Waals surface area contributed by atoms with Crippen LogP contribution in [0.4, 0.5) is 4.79 Å². The molecule has 0 aromatic carbocycles. The highest BCUT2D eigenvalue weighted by Gasteiger charge is 2.33. The summed E-state index contributed by atoms with van der Waals surface area (Å²) in [5.41, 5.74) is 0. The molecule has 0 aromatic heterocycles. The zero-order valence-corrected chi connectivity index (χ0v) is 12.7. The molecule has 2 N–H and O–H groups in total. The van der Waals surface area contributed by atoms with Crippen LogP contribution >= 0.6 is 0 Å². The monoisotopic (exact) mass is 298 g/mol. The van der Waals surface area contributed by atoms with E-state index in [0.29, 0.717) is 12.5 Å². The average Bonchev–Trinajstić information content (AvgIpc) is 2.50. The Hall–Kier alpha value is -1.30. The molecule has 0 aromatic rings. The van der Waals surface area contributed by atoms with Crippen molar-refractivity contribution in [2.24, 2.45) is 11.8 Å². The van der Waals surface area contributed by atoms with Gasteiger partial charge in [0.05, 0.1) is 0 Å². The van der Waals surface area contributed by atoms with Crippen LogP contribution in [0.25, 0.3) is 0 Å². The number of carboxylic acid groups (broad SMARTS) is 1. The summed E-state index contributed by atoms with van der Waals surface area (Å²) < 4.78 is 4.89. The van der Waals surface area contributed by atoms with Crippen LogP contribution in [0, 0.1) is 11.8 Å². The smallest absolute Gasteiger partial charge is 0.326 e. The molecule has 1 saturated carbocycles. The Kier molecular flexibility index (Phi) is 5.85. The molecule has 1 aliphatic heterocycles. The van der Waals surface area contributed by atoms with Gasteiger partial charge in [-0.15, -0.1) is 0 Å². The zero-order chi connectivity index (χ0) is 15.2. The molecule has 2 rings (SSSR count). The van der Waals surface area contributed by atoms with Gasteiger partial charge in [0.25, 0.3) is 0 Å². The van der Waals surface area contributed by atoms with Crippen LogP contribution < -0.4 is 5.32 Å². The molecule has 0 radical (unpaired) electrons. The molecule has 120 valence electrons. The molecule has 0 bridgehead atoms. The Bertz CT molecular complexity index is 375. The molecule has 2 aliphatic rings. The van der Waals surface area contributed by atoms with E-state index in [4.69, 9.17) is 9.84 Å². The summed E-state index contributed by atoms with van der Waals surface area (Å²) >= 11 is 0. The summed E-state index contributed by atoms with van der Waals surface area (Å²) in [7, 11) is 1.52. The van der Waals surface area contributed by atoms with E-state index in [1.807, 2.05) is 0 Å². The predicted octanol–water partition coefficient (Wildman–Crippen LogP) is 1.70. The predicted molar refractivity (Wildman–Crippen MR) is 78.1 cm³/mol. The van der Waals surface area contributed by atoms with Crippen molar-refractivity contribution < 1.29 is 19.4 Å². The van der Waals surface area contributed by atoms with Crippen molar-refractivity contribution in [3.8, 4) is 0 Å². The van der Waals surface area contributed by atoms with E-state index < -0.39 is 12.0 Å². The maximum Gasteiger partial charge on any atom is 0.326 e. The zero-order valence-electron chi connectivity index (χ0n) is 12.7. The second-order valence-electron chi connectivity index (χ2n) is 6.16. The normalized spacial score (nSPS) is 26.8. The van der Waals surface area contributed by atoms with Gasteiger partial charge in [-0.3, -0.25) is 0 Å². The lowest BCUT2D eigenvalue weighted by Crippen LogP contribution is -2.52. The van der Waals surface area contributed by atoms with E-state index in [2.05, 4.69) is 5.32 Å². The minimum atomic E-state index is -1.01. The summed E-state index contributed by atoms with van der Waals surface area (Å²) in [4.78, 5) is 25.2. The number of nitrogens with zero attached hydrogens (tertiary/aromatic N) is 1. The summed E-state index contributed by atoms with van der Waals surface area (Å²) in [6, 6.07) is -1.12. The number of aliphatic carboxylic acids is 1. The highest BCUT2D eigenvalue weighted by Crippen LogP contribution is 2.35. The molecule has 3 atom stereocenters. The van der Waals surface area contributed by atoms with E-state index >= 15 is 0 Å². The topological polar surface area (TPSA) is 78.9 Å².